The topological polar surface area (TPSA) is 93.8 Å². The number of hydrogen-bond donors (Lipinski definition) is 2. The summed E-state index contributed by atoms with van der Waals surface area (Å²) in [5.74, 6) is -0.714. The zero-order valence-corrected chi connectivity index (χ0v) is 8.68. The molecule has 0 aliphatic heterocycles. The van der Waals surface area contributed by atoms with Gasteiger partial charge < -0.3 is 5.73 Å². The fraction of sp³-hybridized carbons (Fsp3) is 0.100. The van der Waals surface area contributed by atoms with Crippen molar-refractivity contribution in [3.05, 3.63) is 56.7 Å². The van der Waals surface area contributed by atoms with Crippen molar-refractivity contribution >= 4 is 5.82 Å². The van der Waals surface area contributed by atoms with Crippen molar-refractivity contribution in [2.75, 3.05) is 5.73 Å². The molecule has 2 rings (SSSR count). The Labute approximate surface area is 94.6 Å². The number of hydrogen-bond acceptors (Lipinski definition) is 4. The van der Waals surface area contributed by atoms with Crippen molar-refractivity contribution in [2.24, 2.45) is 0 Å². The third-order valence-electron chi connectivity index (χ3n) is 2.13. The van der Waals surface area contributed by atoms with E-state index in [1.165, 1.54) is 0 Å². The molecule has 0 amide bonds. The number of aromatic nitrogens is 3. The van der Waals surface area contributed by atoms with Crippen LogP contribution in [0.5, 0.6) is 0 Å². The monoisotopic (exact) mass is 236 g/mol. The predicted octanol–water partition coefficient (Wildman–Crippen LogP) is -0.299. The highest BCUT2D eigenvalue weighted by Crippen LogP contribution is 2.01. The van der Waals surface area contributed by atoms with Gasteiger partial charge in [0, 0.05) is 0 Å². The van der Waals surface area contributed by atoms with Crippen LogP contribution in [-0.2, 0) is 6.54 Å². The van der Waals surface area contributed by atoms with Gasteiger partial charge >= 0.3 is 5.69 Å². The van der Waals surface area contributed by atoms with E-state index in [-0.39, 0.29) is 6.54 Å². The summed E-state index contributed by atoms with van der Waals surface area (Å²) in [4.78, 5) is 28.0. The van der Waals surface area contributed by atoms with E-state index in [1.54, 1.807) is 18.2 Å². The van der Waals surface area contributed by atoms with Crippen LogP contribution in [0.25, 0.3) is 0 Å². The molecule has 0 saturated heterocycles. The maximum absolute atomic E-state index is 13.0. The van der Waals surface area contributed by atoms with Gasteiger partial charge in [-0.05, 0) is 12.1 Å². The van der Waals surface area contributed by atoms with Crippen molar-refractivity contribution in [3.63, 3.8) is 0 Å². The van der Waals surface area contributed by atoms with E-state index in [9.17, 15) is 14.0 Å². The second-order valence-corrected chi connectivity index (χ2v) is 3.42. The molecular formula is C10H9FN4O2. The normalized spacial score (nSPS) is 10.4. The number of nitrogen functional groups attached to an aromatic ring is 1. The number of halogens is 1. The summed E-state index contributed by atoms with van der Waals surface area (Å²) in [7, 11) is 0. The number of nitrogens with two attached hydrogens (primary N) is 1. The number of pyridine rings is 1. The van der Waals surface area contributed by atoms with Crippen molar-refractivity contribution in [2.45, 2.75) is 6.54 Å². The zero-order valence-electron chi connectivity index (χ0n) is 8.68. The molecule has 0 saturated carbocycles. The first-order valence-electron chi connectivity index (χ1n) is 4.77. The molecule has 17 heavy (non-hydrogen) atoms. The lowest BCUT2D eigenvalue weighted by atomic mass is 10.3. The molecule has 6 nitrogen and oxygen atoms in total. The van der Waals surface area contributed by atoms with Crippen LogP contribution >= 0.6 is 0 Å². The van der Waals surface area contributed by atoms with Gasteiger partial charge in [-0.3, -0.25) is 14.3 Å². The van der Waals surface area contributed by atoms with Gasteiger partial charge in [-0.25, -0.2) is 9.78 Å². The predicted molar refractivity (Wildman–Crippen MR) is 59.0 cm³/mol. The molecule has 88 valence electrons. The molecule has 0 fully saturated rings. The van der Waals surface area contributed by atoms with Crippen LogP contribution in [0.1, 0.15) is 5.69 Å². The molecule has 0 aromatic carbocycles. The average Bonchev–Trinajstić information content (AvgIpc) is 2.26. The molecular weight excluding hydrogens is 227 g/mol. The van der Waals surface area contributed by atoms with Gasteiger partial charge in [-0.1, -0.05) is 6.07 Å². The van der Waals surface area contributed by atoms with Crippen LogP contribution in [0.4, 0.5) is 10.2 Å². The molecule has 0 spiro atoms. The van der Waals surface area contributed by atoms with Crippen LogP contribution in [0.15, 0.2) is 34.0 Å². The Balaban J connectivity index is 2.40. The summed E-state index contributed by atoms with van der Waals surface area (Å²) in [6.07, 6.45) is 0.839. The Morgan fingerprint density at radius 3 is 2.88 bits per heavy atom. The fourth-order valence-electron chi connectivity index (χ4n) is 1.36. The quantitative estimate of drug-likeness (QED) is 0.748. The first-order valence-corrected chi connectivity index (χ1v) is 4.77. The van der Waals surface area contributed by atoms with Crippen LogP contribution in [0.2, 0.25) is 0 Å². The van der Waals surface area contributed by atoms with Crippen LogP contribution in [0.3, 0.4) is 0 Å². The number of H-pyrrole nitrogens is 1. The van der Waals surface area contributed by atoms with Crippen molar-refractivity contribution < 1.29 is 4.39 Å². The Morgan fingerprint density at radius 1 is 1.41 bits per heavy atom. The van der Waals surface area contributed by atoms with Crippen LogP contribution in [0, 0.1) is 5.82 Å². The van der Waals surface area contributed by atoms with E-state index in [1.807, 2.05) is 4.98 Å². The Hall–Kier alpha value is -2.44. The maximum Gasteiger partial charge on any atom is 0.328 e. The lowest BCUT2D eigenvalue weighted by Crippen LogP contribution is -2.31. The van der Waals surface area contributed by atoms with Crippen molar-refractivity contribution in [1.29, 1.82) is 0 Å². The third kappa shape index (κ3) is 2.39. The second-order valence-electron chi connectivity index (χ2n) is 3.42. The average molecular weight is 236 g/mol. The smallest absolute Gasteiger partial charge is 0.328 e. The Bertz CT molecular complexity index is 662. The van der Waals surface area contributed by atoms with E-state index < -0.39 is 17.1 Å². The van der Waals surface area contributed by atoms with Gasteiger partial charge in [-0.15, -0.1) is 0 Å². The standard InChI is InChI=1S/C10H9FN4O2/c11-7-5-15(10(17)14-9(7)16)4-6-2-1-3-8(12)13-6/h1-3,5H,4H2,(H2,12,13)(H,14,16,17). The molecule has 2 heterocycles. The molecule has 0 unspecified atom stereocenters. The van der Waals surface area contributed by atoms with Gasteiger partial charge in [0.1, 0.15) is 5.82 Å². The number of nitrogens with zero attached hydrogens (tertiary/aromatic N) is 2. The minimum atomic E-state index is -1.04. The highest BCUT2D eigenvalue weighted by Gasteiger charge is 2.05. The highest BCUT2D eigenvalue weighted by atomic mass is 19.1. The van der Waals surface area contributed by atoms with Crippen molar-refractivity contribution in [3.8, 4) is 0 Å². The summed E-state index contributed by atoms with van der Waals surface area (Å²) in [5, 5.41) is 0. The van der Waals surface area contributed by atoms with E-state index in [2.05, 4.69) is 4.98 Å². The number of aromatic amines is 1. The summed E-state index contributed by atoms with van der Waals surface area (Å²) in [5.41, 5.74) is 4.24. The molecule has 2 aromatic rings. The maximum atomic E-state index is 13.0. The molecule has 7 heteroatoms. The van der Waals surface area contributed by atoms with E-state index in [0.717, 1.165) is 10.8 Å². The summed E-state index contributed by atoms with van der Waals surface area (Å²) in [6.45, 7) is 0.0393. The largest absolute Gasteiger partial charge is 0.384 e. The number of anilines is 1. The highest BCUT2D eigenvalue weighted by molar-refractivity contribution is 5.28. The molecule has 3 N–H and O–H groups in total. The minimum Gasteiger partial charge on any atom is -0.384 e. The molecule has 0 atom stereocenters. The van der Waals surface area contributed by atoms with Crippen LogP contribution in [-0.4, -0.2) is 14.5 Å². The molecule has 2 aromatic heterocycles. The molecule has 0 aliphatic rings. The fourth-order valence-corrected chi connectivity index (χ4v) is 1.36. The van der Waals surface area contributed by atoms with Gasteiger partial charge in [0.25, 0.3) is 5.56 Å². The Morgan fingerprint density at radius 2 is 2.18 bits per heavy atom. The van der Waals surface area contributed by atoms with E-state index >= 15 is 0 Å². The number of nitrogens with one attached hydrogen (secondary N) is 1. The van der Waals surface area contributed by atoms with Crippen LogP contribution < -0.4 is 17.0 Å². The van der Waals surface area contributed by atoms with E-state index in [4.69, 9.17) is 5.73 Å². The van der Waals surface area contributed by atoms with Gasteiger partial charge in [0.2, 0.25) is 5.82 Å². The summed E-state index contributed by atoms with van der Waals surface area (Å²) < 4.78 is 14.0. The van der Waals surface area contributed by atoms with Crippen molar-refractivity contribution in [1.82, 2.24) is 14.5 Å². The lowest BCUT2D eigenvalue weighted by Gasteiger charge is -2.04. The molecule has 0 aliphatic carbocycles. The Kier molecular flexibility index (Phi) is 2.73. The van der Waals surface area contributed by atoms with Gasteiger partial charge in [0.05, 0.1) is 18.4 Å². The van der Waals surface area contributed by atoms with E-state index in [0.29, 0.717) is 11.5 Å². The molecule has 0 radical (unpaired) electrons. The zero-order chi connectivity index (χ0) is 12.4. The first-order chi connectivity index (χ1) is 8.06. The van der Waals surface area contributed by atoms with Gasteiger partial charge in [-0.2, -0.15) is 4.39 Å². The first kappa shape index (κ1) is 11.1. The molecule has 0 bridgehead atoms. The minimum absolute atomic E-state index is 0.0393. The lowest BCUT2D eigenvalue weighted by molar-refractivity contribution is 0.564. The third-order valence-corrected chi connectivity index (χ3v) is 2.13. The van der Waals surface area contributed by atoms with Gasteiger partial charge in [0.15, 0.2) is 0 Å². The number of rotatable bonds is 2. The summed E-state index contributed by atoms with van der Waals surface area (Å²) >= 11 is 0. The summed E-state index contributed by atoms with van der Waals surface area (Å²) in [6, 6.07) is 4.91. The SMILES string of the molecule is Nc1cccc(Cn2cc(F)c(=O)[nH]c2=O)n1. The second kappa shape index (κ2) is 4.20.